The maximum atomic E-state index is 10.0. The Morgan fingerprint density at radius 2 is 1.56 bits per heavy atom. The molecule has 0 saturated heterocycles. The first-order valence-corrected chi connectivity index (χ1v) is 4.41. The van der Waals surface area contributed by atoms with Crippen molar-refractivity contribution in [2.45, 2.75) is 13.8 Å². The van der Waals surface area contributed by atoms with Gasteiger partial charge in [0, 0.05) is 18.0 Å². The lowest BCUT2D eigenvalue weighted by molar-refractivity contribution is -0.362. The summed E-state index contributed by atoms with van der Waals surface area (Å²) in [5.74, 6) is -1.19. The SMILES string of the molecule is CC[O-].CC[O-].O=C([O-])c1cccnc1.[NH4+].[NH4+].[NH4+]. The monoisotopic (exact) mass is 266 g/mol. The van der Waals surface area contributed by atoms with E-state index in [1.54, 1.807) is 19.9 Å². The van der Waals surface area contributed by atoms with Gasteiger partial charge in [-0.1, -0.05) is 19.9 Å². The summed E-state index contributed by atoms with van der Waals surface area (Å²) < 4.78 is 0. The van der Waals surface area contributed by atoms with Crippen LogP contribution in [0, 0.1) is 0 Å². The van der Waals surface area contributed by atoms with Crippen molar-refractivity contribution in [2.24, 2.45) is 0 Å². The van der Waals surface area contributed by atoms with Crippen LogP contribution < -0.4 is 33.8 Å². The number of carboxylic acid groups (broad SMARTS) is 1. The molecule has 0 spiro atoms. The zero-order valence-corrected chi connectivity index (χ0v) is 11.8. The van der Waals surface area contributed by atoms with Crippen molar-refractivity contribution in [1.29, 1.82) is 0 Å². The lowest BCUT2D eigenvalue weighted by Gasteiger charge is -1.97. The van der Waals surface area contributed by atoms with E-state index in [2.05, 4.69) is 4.98 Å². The van der Waals surface area contributed by atoms with Crippen LogP contribution in [-0.4, -0.2) is 24.2 Å². The Labute approximate surface area is 107 Å². The lowest BCUT2D eigenvalue weighted by Crippen LogP contribution is -2.22. The number of hydrogen-bond donors (Lipinski definition) is 3. The number of carbonyl (C=O) groups excluding carboxylic acids is 1. The molecule has 0 bridgehead atoms. The van der Waals surface area contributed by atoms with Crippen LogP contribution in [0.4, 0.5) is 0 Å². The molecule has 8 heteroatoms. The van der Waals surface area contributed by atoms with Crippen LogP contribution >= 0.6 is 0 Å². The zero-order chi connectivity index (χ0) is 12.1. The van der Waals surface area contributed by atoms with Gasteiger partial charge in [0.2, 0.25) is 0 Å². The van der Waals surface area contributed by atoms with Gasteiger partial charge in [0.15, 0.2) is 0 Å². The average Bonchev–Trinajstić information content (AvgIpc) is 2.21. The Morgan fingerprint density at radius 3 is 1.72 bits per heavy atom. The molecule has 1 heterocycles. The molecular formula is C10H26N4O4. The number of carbonyl (C=O) groups is 1. The van der Waals surface area contributed by atoms with Crippen LogP contribution in [0.25, 0.3) is 0 Å². The summed E-state index contributed by atoms with van der Waals surface area (Å²) >= 11 is 0. The van der Waals surface area contributed by atoms with Crippen molar-refractivity contribution in [1.82, 2.24) is 23.4 Å². The first kappa shape index (κ1) is 29.9. The Kier molecular flexibility index (Phi) is 40.9. The molecule has 0 aliphatic rings. The Bertz CT molecular complexity index is 245. The molecule has 1 rings (SSSR count). The standard InChI is InChI=1S/C6H5NO2.2C2H5O.3H3N/c8-6(9)5-2-1-3-7-4-5;2*1-2-3;;;/h1-4H,(H,8,9);2*2H2,1H3;3*1H3/q;2*-1;;;/p+2. The highest BCUT2D eigenvalue weighted by molar-refractivity contribution is 5.85. The van der Waals surface area contributed by atoms with Crippen LogP contribution in [0.3, 0.4) is 0 Å². The topological polar surface area (TPSA) is 209 Å². The molecule has 12 N–H and O–H groups in total. The first-order valence-electron chi connectivity index (χ1n) is 4.41. The highest BCUT2D eigenvalue weighted by atomic mass is 16.4. The van der Waals surface area contributed by atoms with Gasteiger partial charge < -0.3 is 38.6 Å². The summed E-state index contributed by atoms with van der Waals surface area (Å²) in [4.78, 5) is 13.6. The molecule has 8 nitrogen and oxygen atoms in total. The number of nitrogens with zero attached hydrogens (tertiary/aromatic N) is 1. The molecule has 0 aliphatic heterocycles. The van der Waals surface area contributed by atoms with E-state index in [-0.39, 0.29) is 37.2 Å². The van der Waals surface area contributed by atoms with Gasteiger partial charge in [0.25, 0.3) is 0 Å². The maximum absolute atomic E-state index is 10.0. The van der Waals surface area contributed by atoms with E-state index in [4.69, 9.17) is 10.2 Å². The smallest absolute Gasteiger partial charge is 0.0730 e. The van der Waals surface area contributed by atoms with E-state index >= 15 is 0 Å². The van der Waals surface area contributed by atoms with Crippen LogP contribution in [0.2, 0.25) is 0 Å². The third-order valence-corrected chi connectivity index (χ3v) is 0.897. The summed E-state index contributed by atoms with van der Waals surface area (Å²) in [5.41, 5.74) is 0.109. The highest BCUT2D eigenvalue weighted by Crippen LogP contribution is 1.90. The van der Waals surface area contributed by atoms with Crippen LogP contribution in [0.15, 0.2) is 24.5 Å². The zero-order valence-electron chi connectivity index (χ0n) is 11.8. The van der Waals surface area contributed by atoms with Gasteiger partial charge in [-0.2, -0.15) is 0 Å². The van der Waals surface area contributed by atoms with Crippen LogP contribution in [0.5, 0.6) is 0 Å². The fourth-order valence-corrected chi connectivity index (χ4v) is 0.484. The van der Waals surface area contributed by atoms with Crippen LogP contribution in [-0.2, 0) is 0 Å². The third-order valence-electron chi connectivity index (χ3n) is 0.897. The highest BCUT2D eigenvalue weighted by Gasteiger charge is 1.87. The van der Waals surface area contributed by atoms with Gasteiger partial charge in [-0.05, 0) is 6.07 Å². The van der Waals surface area contributed by atoms with Crippen molar-refractivity contribution in [3.05, 3.63) is 30.1 Å². The average molecular weight is 266 g/mol. The minimum Gasteiger partial charge on any atom is -0.855 e. The quantitative estimate of drug-likeness (QED) is 0.600. The van der Waals surface area contributed by atoms with Gasteiger partial charge in [-0.25, -0.2) is 0 Å². The van der Waals surface area contributed by atoms with E-state index < -0.39 is 5.97 Å². The number of quaternary nitrogens is 3. The molecule has 1 aromatic heterocycles. The molecule has 110 valence electrons. The van der Waals surface area contributed by atoms with Crippen molar-refractivity contribution in [3.63, 3.8) is 0 Å². The van der Waals surface area contributed by atoms with Gasteiger partial charge in [0.1, 0.15) is 0 Å². The molecule has 18 heavy (non-hydrogen) atoms. The largest absolute Gasteiger partial charge is 0.855 e. The Morgan fingerprint density at radius 1 is 1.17 bits per heavy atom. The molecule has 0 atom stereocenters. The molecule has 0 unspecified atom stereocenters. The first-order chi connectivity index (χ1) is 7.13. The predicted octanol–water partition coefficient (Wildman–Crippen LogP) is -0.693. The maximum Gasteiger partial charge on any atom is 0.0730 e. The Balaban J connectivity index is -0.0000000549. The number of carboxylic acids is 1. The van der Waals surface area contributed by atoms with E-state index in [1.165, 1.54) is 18.5 Å². The van der Waals surface area contributed by atoms with Gasteiger partial charge in [-0.3, -0.25) is 4.98 Å². The predicted molar refractivity (Wildman–Crippen MR) is 67.6 cm³/mol. The van der Waals surface area contributed by atoms with Crippen LogP contribution in [0.1, 0.15) is 24.2 Å². The molecule has 0 amide bonds. The van der Waals surface area contributed by atoms with Crippen molar-refractivity contribution >= 4 is 5.97 Å². The minimum atomic E-state index is -1.19. The summed E-state index contributed by atoms with van der Waals surface area (Å²) in [7, 11) is 0. The molecular weight excluding hydrogens is 240 g/mol. The molecule has 0 aliphatic carbocycles. The second kappa shape index (κ2) is 24.6. The summed E-state index contributed by atoms with van der Waals surface area (Å²) in [6, 6.07) is 2.98. The third kappa shape index (κ3) is 23.9. The number of aromatic nitrogens is 1. The van der Waals surface area contributed by atoms with Crippen molar-refractivity contribution in [3.8, 4) is 0 Å². The summed E-state index contributed by atoms with van der Waals surface area (Å²) in [6.45, 7) is 3.14. The van der Waals surface area contributed by atoms with Gasteiger partial charge in [-0.15, -0.1) is 13.2 Å². The molecule has 0 radical (unpaired) electrons. The van der Waals surface area contributed by atoms with E-state index in [0.717, 1.165) is 0 Å². The fraction of sp³-hybridized carbons (Fsp3) is 0.400. The van der Waals surface area contributed by atoms with Crippen molar-refractivity contribution < 1.29 is 20.1 Å². The van der Waals surface area contributed by atoms with E-state index in [9.17, 15) is 9.90 Å². The molecule has 0 fully saturated rings. The number of aromatic carboxylic acids is 1. The second-order valence-corrected chi connectivity index (χ2v) is 2.11. The lowest BCUT2D eigenvalue weighted by atomic mass is 10.3. The van der Waals surface area contributed by atoms with E-state index in [0.29, 0.717) is 0 Å². The minimum absolute atomic E-state index is 0. The number of pyridine rings is 1. The molecule has 0 aromatic carbocycles. The normalized spacial score (nSPS) is 6.44. The molecule has 1 aromatic rings. The van der Waals surface area contributed by atoms with Crippen molar-refractivity contribution in [2.75, 3.05) is 13.2 Å². The second-order valence-electron chi connectivity index (χ2n) is 2.11. The molecule has 0 saturated carbocycles. The number of rotatable bonds is 1. The van der Waals surface area contributed by atoms with Gasteiger partial charge >= 0.3 is 0 Å². The van der Waals surface area contributed by atoms with E-state index in [1.807, 2.05) is 0 Å². The Hall–Kier alpha value is -1.58. The number of hydrogen-bond acceptors (Lipinski definition) is 5. The summed E-state index contributed by atoms with van der Waals surface area (Å²) in [6.07, 6.45) is 2.75. The fourth-order valence-electron chi connectivity index (χ4n) is 0.484. The van der Waals surface area contributed by atoms with Gasteiger partial charge in [0.05, 0.1) is 5.97 Å². The summed E-state index contributed by atoms with van der Waals surface area (Å²) in [5, 5.41) is 27.9.